The van der Waals surface area contributed by atoms with Crippen molar-refractivity contribution in [2.24, 2.45) is 0 Å². The molecule has 0 aliphatic rings. The second-order valence-electron chi connectivity index (χ2n) is 5.70. The molecule has 1 aromatic heterocycles. The number of esters is 1. The minimum absolute atomic E-state index is 0.329. The van der Waals surface area contributed by atoms with Crippen LogP contribution in [0.3, 0.4) is 0 Å². The highest BCUT2D eigenvalue weighted by molar-refractivity contribution is 7.20. The first-order valence-electron chi connectivity index (χ1n) is 7.70. The van der Waals surface area contributed by atoms with Crippen molar-refractivity contribution >= 4 is 39.0 Å². The van der Waals surface area contributed by atoms with Crippen LogP contribution in [0.2, 0.25) is 0 Å². The van der Waals surface area contributed by atoms with Gasteiger partial charge in [-0.25, -0.2) is 9.18 Å². The molecule has 3 aromatic rings. The van der Waals surface area contributed by atoms with Crippen LogP contribution < -0.4 is 5.32 Å². The van der Waals surface area contributed by atoms with Crippen LogP contribution in [0.1, 0.15) is 22.2 Å². The largest absolute Gasteiger partial charge is 0.448 e. The van der Waals surface area contributed by atoms with Crippen LogP contribution in [-0.2, 0) is 9.53 Å². The number of thiophene rings is 1. The molecule has 0 saturated heterocycles. The molecule has 1 heterocycles. The topological polar surface area (TPSA) is 55.4 Å². The van der Waals surface area contributed by atoms with Gasteiger partial charge in [0.1, 0.15) is 10.7 Å². The van der Waals surface area contributed by atoms with E-state index in [0.717, 1.165) is 10.3 Å². The number of anilines is 1. The molecule has 0 fully saturated rings. The number of halogens is 1. The summed E-state index contributed by atoms with van der Waals surface area (Å²) in [6.07, 6.45) is -0.949. The van der Waals surface area contributed by atoms with E-state index in [0.29, 0.717) is 16.0 Å². The zero-order chi connectivity index (χ0) is 18.0. The van der Waals surface area contributed by atoms with E-state index in [1.54, 1.807) is 18.2 Å². The Kier molecular flexibility index (Phi) is 4.81. The van der Waals surface area contributed by atoms with E-state index in [4.69, 9.17) is 4.74 Å². The van der Waals surface area contributed by atoms with Gasteiger partial charge in [0.05, 0.1) is 0 Å². The molecule has 3 rings (SSSR count). The third-order valence-electron chi connectivity index (χ3n) is 3.62. The molecule has 1 atom stereocenters. The minimum atomic E-state index is -0.949. The molecule has 0 bridgehead atoms. The number of rotatable bonds is 4. The highest BCUT2D eigenvalue weighted by atomic mass is 32.1. The Morgan fingerprint density at radius 2 is 1.96 bits per heavy atom. The quantitative estimate of drug-likeness (QED) is 0.698. The number of fused-ring (bicyclic) bond motifs is 1. The first-order valence-corrected chi connectivity index (χ1v) is 8.51. The summed E-state index contributed by atoms with van der Waals surface area (Å²) in [5, 5.41) is 3.34. The number of nitrogens with one attached hydrogen (secondary N) is 1. The SMILES string of the molecule is Cc1cccc(NC(=O)C(C)OC(=O)c2cc3cc(F)ccc3s2)c1. The van der Waals surface area contributed by atoms with Gasteiger partial charge in [-0.3, -0.25) is 4.79 Å². The summed E-state index contributed by atoms with van der Waals surface area (Å²) in [5.74, 6) is -1.38. The predicted octanol–water partition coefficient (Wildman–Crippen LogP) is 4.53. The third kappa shape index (κ3) is 4.03. The van der Waals surface area contributed by atoms with Gasteiger partial charge in [-0.2, -0.15) is 0 Å². The standard InChI is InChI=1S/C19H16FNO3S/c1-11-4-3-5-15(8-11)21-18(22)12(2)24-19(23)17-10-13-9-14(20)6-7-16(13)25-17/h3-10,12H,1-2H3,(H,21,22). The van der Waals surface area contributed by atoms with E-state index in [1.165, 1.54) is 30.4 Å². The summed E-state index contributed by atoms with van der Waals surface area (Å²) in [7, 11) is 0. The lowest BCUT2D eigenvalue weighted by atomic mass is 10.2. The maximum atomic E-state index is 13.2. The van der Waals surface area contributed by atoms with Gasteiger partial charge in [-0.1, -0.05) is 12.1 Å². The Hall–Kier alpha value is -2.73. The Morgan fingerprint density at radius 1 is 1.16 bits per heavy atom. The van der Waals surface area contributed by atoms with Gasteiger partial charge < -0.3 is 10.1 Å². The van der Waals surface area contributed by atoms with Crippen molar-refractivity contribution in [2.45, 2.75) is 20.0 Å². The summed E-state index contributed by atoms with van der Waals surface area (Å²) >= 11 is 1.20. The van der Waals surface area contributed by atoms with E-state index in [-0.39, 0.29) is 5.82 Å². The van der Waals surface area contributed by atoms with E-state index < -0.39 is 18.0 Å². The maximum Gasteiger partial charge on any atom is 0.349 e. The zero-order valence-corrected chi connectivity index (χ0v) is 14.5. The Morgan fingerprint density at radius 3 is 2.72 bits per heavy atom. The van der Waals surface area contributed by atoms with E-state index >= 15 is 0 Å². The molecule has 0 aliphatic carbocycles. The molecule has 1 unspecified atom stereocenters. The number of benzene rings is 2. The van der Waals surface area contributed by atoms with Gasteiger partial charge >= 0.3 is 5.97 Å². The number of hydrogen-bond acceptors (Lipinski definition) is 4. The molecule has 1 amide bonds. The number of hydrogen-bond donors (Lipinski definition) is 1. The molecular formula is C19H16FNO3S. The van der Waals surface area contributed by atoms with Crippen LogP contribution in [0.15, 0.2) is 48.5 Å². The summed E-state index contributed by atoms with van der Waals surface area (Å²) in [6.45, 7) is 3.43. The lowest BCUT2D eigenvalue weighted by Crippen LogP contribution is -2.29. The molecule has 128 valence electrons. The Labute approximate surface area is 148 Å². The molecule has 4 nitrogen and oxygen atoms in total. The Bertz CT molecular complexity index is 951. The van der Waals surface area contributed by atoms with Crippen LogP contribution in [0.5, 0.6) is 0 Å². The molecule has 2 aromatic carbocycles. The number of carbonyl (C=O) groups is 2. The second kappa shape index (κ2) is 7.03. The van der Waals surface area contributed by atoms with Crippen LogP contribution in [0.4, 0.5) is 10.1 Å². The molecule has 0 saturated carbocycles. The van der Waals surface area contributed by atoms with E-state index in [2.05, 4.69) is 5.32 Å². The number of aryl methyl sites for hydroxylation is 1. The lowest BCUT2D eigenvalue weighted by Gasteiger charge is -2.13. The summed E-state index contributed by atoms with van der Waals surface area (Å²) < 4.78 is 19.2. The van der Waals surface area contributed by atoms with Gasteiger partial charge in [-0.05, 0) is 61.2 Å². The average Bonchev–Trinajstić information content (AvgIpc) is 2.98. The van der Waals surface area contributed by atoms with Crippen molar-refractivity contribution in [1.82, 2.24) is 0 Å². The number of ether oxygens (including phenoxy) is 1. The average molecular weight is 357 g/mol. The molecule has 25 heavy (non-hydrogen) atoms. The Balaban J connectivity index is 1.67. The minimum Gasteiger partial charge on any atom is -0.448 e. The van der Waals surface area contributed by atoms with E-state index in [9.17, 15) is 14.0 Å². The fourth-order valence-electron chi connectivity index (χ4n) is 2.35. The molecule has 0 aliphatic heterocycles. The lowest BCUT2D eigenvalue weighted by molar-refractivity contribution is -0.123. The van der Waals surface area contributed by atoms with Gasteiger partial charge in [0, 0.05) is 10.4 Å². The van der Waals surface area contributed by atoms with E-state index in [1.807, 2.05) is 25.1 Å². The van der Waals surface area contributed by atoms with Crippen molar-refractivity contribution < 1.29 is 18.7 Å². The molecular weight excluding hydrogens is 341 g/mol. The van der Waals surface area contributed by atoms with Crippen molar-refractivity contribution in [3.63, 3.8) is 0 Å². The molecule has 0 radical (unpaired) electrons. The van der Waals surface area contributed by atoms with Gasteiger partial charge in [0.25, 0.3) is 5.91 Å². The van der Waals surface area contributed by atoms with Crippen LogP contribution >= 0.6 is 11.3 Å². The summed E-state index contributed by atoms with van der Waals surface area (Å²) in [4.78, 5) is 24.7. The second-order valence-corrected chi connectivity index (χ2v) is 6.78. The first-order chi connectivity index (χ1) is 11.9. The summed E-state index contributed by atoms with van der Waals surface area (Å²) in [6, 6.07) is 13.2. The fourth-order valence-corrected chi connectivity index (χ4v) is 3.28. The predicted molar refractivity (Wildman–Crippen MR) is 96.5 cm³/mol. The number of carbonyl (C=O) groups excluding carboxylic acids is 2. The third-order valence-corrected chi connectivity index (χ3v) is 4.71. The summed E-state index contributed by atoms with van der Waals surface area (Å²) in [5.41, 5.74) is 1.66. The monoisotopic (exact) mass is 357 g/mol. The first kappa shape index (κ1) is 17.1. The highest BCUT2D eigenvalue weighted by Gasteiger charge is 2.20. The van der Waals surface area contributed by atoms with Crippen molar-refractivity contribution in [2.75, 3.05) is 5.32 Å². The number of amides is 1. The van der Waals surface area contributed by atoms with Crippen molar-refractivity contribution in [1.29, 1.82) is 0 Å². The zero-order valence-electron chi connectivity index (χ0n) is 13.7. The van der Waals surface area contributed by atoms with Crippen LogP contribution in [0.25, 0.3) is 10.1 Å². The fraction of sp³-hybridized carbons (Fsp3) is 0.158. The van der Waals surface area contributed by atoms with Crippen LogP contribution in [-0.4, -0.2) is 18.0 Å². The van der Waals surface area contributed by atoms with Gasteiger partial charge in [0.2, 0.25) is 0 Å². The van der Waals surface area contributed by atoms with Crippen molar-refractivity contribution in [3.8, 4) is 0 Å². The van der Waals surface area contributed by atoms with Crippen molar-refractivity contribution in [3.05, 3.63) is 64.8 Å². The molecule has 6 heteroatoms. The van der Waals surface area contributed by atoms with Crippen LogP contribution in [0, 0.1) is 12.7 Å². The van der Waals surface area contributed by atoms with Gasteiger partial charge in [-0.15, -0.1) is 11.3 Å². The molecule has 0 spiro atoms. The smallest absolute Gasteiger partial charge is 0.349 e. The maximum absolute atomic E-state index is 13.2. The highest BCUT2D eigenvalue weighted by Crippen LogP contribution is 2.27. The normalized spacial score (nSPS) is 12.0. The molecule has 1 N–H and O–H groups in total. The van der Waals surface area contributed by atoms with Gasteiger partial charge in [0.15, 0.2) is 6.10 Å².